The normalized spacial score (nSPS) is 16.8. The van der Waals surface area contributed by atoms with E-state index in [1.807, 2.05) is 6.07 Å². The van der Waals surface area contributed by atoms with Gasteiger partial charge < -0.3 is 5.32 Å². The molecule has 20 heavy (non-hydrogen) atoms. The van der Waals surface area contributed by atoms with Gasteiger partial charge in [0, 0.05) is 13.1 Å². The minimum atomic E-state index is -0.166. The van der Waals surface area contributed by atoms with Gasteiger partial charge in [0.15, 0.2) is 0 Å². The number of nitrogens with one attached hydrogen (secondary N) is 1. The van der Waals surface area contributed by atoms with Gasteiger partial charge in [-0.1, -0.05) is 13.0 Å². The Labute approximate surface area is 129 Å². The number of halogens is 2. The summed E-state index contributed by atoms with van der Waals surface area (Å²) < 4.78 is 14.1. The number of hydrogen-bond acceptors (Lipinski definition) is 2. The van der Waals surface area contributed by atoms with E-state index in [9.17, 15) is 4.39 Å². The van der Waals surface area contributed by atoms with Gasteiger partial charge >= 0.3 is 0 Å². The molecule has 0 bridgehead atoms. The second-order valence-corrected chi connectivity index (χ2v) is 6.53. The fourth-order valence-electron chi connectivity index (χ4n) is 2.88. The highest BCUT2D eigenvalue weighted by molar-refractivity contribution is 9.10. The quantitative estimate of drug-likeness (QED) is 0.845. The standard InChI is InChI=1S/C16H24BrFN2/c1-2-9-20(11-13-5-7-19-8-6-13)12-14-3-4-15(17)16(18)10-14/h3-4,10,13,19H,2,5-9,11-12H2,1H3. The molecule has 4 heteroatoms. The molecule has 1 fully saturated rings. The molecule has 1 aromatic carbocycles. The first-order chi connectivity index (χ1) is 9.69. The Bertz CT molecular complexity index is 419. The topological polar surface area (TPSA) is 15.3 Å². The minimum Gasteiger partial charge on any atom is -0.317 e. The predicted octanol–water partition coefficient (Wildman–Crippen LogP) is 3.80. The number of hydrogen-bond donors (Lipinski definition) is 1. The average Bonchev–Trinajstić information content (AvgIpc) is 2.44. The van der Waals surface area contributed by atoms with E-state index in [0.717, 1.165) is 50.6 Å². The van der Waals surface area contributed by atoms with E-state index in [1.165, 1.54) is 12.8 Å². The van der Waals surface area contributed by atoms with Crippen LogP contribution in [0.25, 0.3) is 0 Å². The monoisotopic (exact) mass is 342 g/mol. The van der Waals surface area contributed by atoms with Gasteiger partial charge in [0.2, 0.25) is 0 Å². The largest absolute Gasteiger partial charge is 0.317 e. The number of nitrogens with zero attached hydrogens (tertiary/aromatic N) is 1. The summed E-state index contributed by atoms with van der Waals surface area (Å²) in [6.07, 6.45) is 3.66. The number of benzene rings is 1. The highest BCUT2D eigenvalue weighted by atomic mass is 79.9. The first-order valence-electron chi connectivity index (χ1n) is 7.56. The van der Waals surface area contributed by atoms with E-state index in [4.69, 9.17) is 0 Å². The molecule has 1 N–H and O–H groups in total. The van der Waals surface area contributed by atoms with Crippen LogP contribution in [0.15, 0.2) is 22.7 Å². The first kappa shape index (κ1) is 15.9. The van der Waals surface area contributed by atoms with Crippen LogP contribution in [0.2, 0.25) is 0 Å². The third-order valence-corrected chi connectivity index (χ3v) is 4.55. The van der Waals surface area contributed by atoms with Crippen molar-refractivity contribution in [2.75, 3.05) is 26.2 Å². The lowest BCUT2D eigenvalue weighted by Gasteiger charge is -2.30. The molecule has 2 rings (SSSR count). The molecule has 1 saturated heterocycles. The highest BCUT2D eigenvalue weighted by Crippen LogP contribution is 2.19. The molecule has 0 unspecified atom stereocenters. The van der Waals surface area contributed by atoms with Crippen LogP contribution in [-0.2, 0) is 6.54 Å². The summed E-state index contributed by atoms with van der Waals surface area (Å²) in [5.41, 5.74) is 1.06. The van der Waals surface area contributed by atoms with Crippen molar-refractivity contribution in [3.63, 3.8) is 0 Å². The average molecular weight is 343 g/mol. The Hall–Kier alpha value is -0.450. The molecular weight excluding hydrogens is 319 g/mol. The summed E-state index contributed by atoms with van der Waals surface area (Å²) in [4.78, 5) is 2.47. The molecule has 1 aliphatic heterocycles. The van der Waals surface area contributed by atoms with Gasteiger partial charge in [-0.05, 0) is 78.4 Å². The van der Waals surface area contributed by atoms with Crippen molar-refractivity contribution in [3.05, 3.63) is 34.1 Å². The summed E-state index contributed by atoms with van der Waals surface area (Å²) in [6.45, 7) is 7.55. The summed E-state index contributed by atoms with van der Waals surface area (Å²) >= 11 is 3.21. The molecule has 112 valence electrons. The molecule has 0 spiro atoms. The van der Waals surface area contributed by atoms with Crippen molar-refractivity contribution >= 4 is 15.9 Å². The highest BCUT2D eigenvalue weighted by Gasteiger charge is 2.17. The minimum absolute atomic E-state index is 0.166. The van der Waals surface area contributed by atoms with Gasteiger partial charge in [0.25, 0.3) is 0 Å². The van der Waals surface area contributed by atoms with Gasteiger partial charge in [-0.15, -0.1) is 0 Å². The van der Waals surface area contributed by atoms with Crippen molar-refractivity contribution < 1.29 is 4.39 Å². The first-order valence-corrected chi connectivity index (χ1v) is 8.35. The van der Waals surface area contributed by atoms with E-state index in [0.29, 0.717) is 4.47 Å². The van der Waals surface area contributed by atoms with E-state index in [1.54, 1.807) is 12.1 Å². The molecule has 1 aromatic rings. The van der Waals surface area contributed by atoms with E-state index in [-0.39, 0.29) is 5.82 Å². The Kier molecular flexibility index (Phi) is 6.46. The van der Waals surface area contributed by atoms with E-state index < -0.39 is 0 Å². The van der Waals surface area contributed by atoms with E-state index in [2.05, 4.69) is 33.1 Å². The van der Waals surface area contributed by atoms with Crippen LogP contribution in [0.4, 0.5) is 4.39 Å². The lowest BCUT2D eigenvalue weighted by atomic mass is 9.97. The summed E-state index contributed by atoms with van der Waals surface area (Å²) in [6, 6.07) is 5.47. The number of rotatable bonds is 6. The molecule has 1 heterocycles. The van der Waals surface area contributed by atoms with Gasteiger partial charge in [-0.3, -0.25) is 4.90 Å². The molecule has 0 amide bonds. The second kappa shape index (κ2) is 8.11. The fourth-order valence-corrected chi connectivity index (χ4v) is 3.12. The fraction of sp³-hybridized carbons (Fsp3) is 0.625. The van der Waals surface area contributed by atoms with Crippen LogP contribution in [0.5, 0.6) is 0 Å². The molecule has 0 radical (unpaired) electrons. The molecule has 0 aromatic heterocycles. The van der Waals surface area contributed by atoms with Crippen molar-refractivity contribution in [3.8, 4) is 0 Å². The Morgan fingerprint density at radius 3 is 2.75 bits per heavy atom. The maximum atomic E-state index is 13.6. The zero-order valence-corrected chi connectivity index (χ0v) is 13.8. The summed E-state index contributed by atoms with van der Waals surface area (Å²) in [7, 11) is 0. The van der Waals surface area contributed by atoms with Crippen molar-refractivity contribution in [1.29, 1.82) is 0 Å². The maximum absolute atomic E-state index is 13.6. The maximum Gasteiger partial charge on any atom is 0.137 e. The molecule has 1 aliphatic rings. The molecule has 0 atom stereocenters. The van der Waals surface area contributed by atoms with Crippen molar-refractivity contribution in [2.45, 2.75) is 32.7 Å². The second-order valence-electron chi connectivity index (χ2n) is 5.68. The van der Waals surface area contributed by atoms with Crippen LogP contribution in [0.3, 0.4) is 0 Å². The lowest BCUT2D eigenvalue weighted by Crippen LogP contribution is -2.36. The van der Waals surface area contributed by atoms with E-state index >= 15 is 0 Å². The molecular formula is C16H24BrFN2. The van der Waals surface area contributed by atoms with Gasteiger partial charge in [-0.2, -0.15) is 0 Å². The molecule has 0 saturated carbocycles. The zero-order valence-electron chi connectivity index (χ0n) is 12.2. The Balaban J connectivity index is 1.94. The predicted molar refractivity (Wildman–Crippen MR) is 85.3 cm³/mol. The summed E-state index contributed by atoms with van der Waals surface area (Å²) in [5, 5.41) is 3.41. The van der Waals surface area contributed by atoms with Crippen LogP contribution < -0.4 is 5.32 Å². The van der Waals surface area contributed by atoms with Crippen LogP contribution in [-0.4, -0.2) is 31.1 Å². The summed E-state index contributed by atoms with van der Waals surface area (Å²) in [5.74, 6) is 0.615. The van der Waals surface area contributed by atoms with Gasteiger partial charge in [0.05, 0.1) is 4.47 Å². The van der Waals surface area contributed by atoms with Crippen molar-refractivity contribution in [1.82, 2.24) is 10.2 Å². The third kappa shape index (κ3) is 4.83. The van der Waals surface area contributed by atoms with Gasteiger partial charge in [0.1, 0.15) is 5.82 Å². The van der Waals surface area contributed by atoms with Crippen LogP contribution in [0.1, 0.15) is 31.7 Å². The van der Waals surface area contributed by atoms with Crippen LogP contribution >= 0.6 is 15.9 Å². The molecule has 2 nitrogen and oxygen atoms in total. The SMILES string of the molecule is CCCN(Cc1ccc(Br)c(F)c1)CC1CCNCC1. The zero-order chi connectivity index (χ0) is 14.4. The van der Waals surface area contributed by atoms with Gasteiger partial charge in [-0.25, -0.2) is 4.39 Å². The Morgan fingerprint density at radius 1 is 1.35 bits per heavy atom. The molecule has 0 aliphatic carbocycles. The number of piperidine rings is 1. The van der Waals surface area contributed by atoms with Crippen molar-refractivity contribution in [2.24, 2.45) is 5.92 Å². The Morgan fingerprint density at radius 2 is 2.10 bits per heavy atom. The third-order valence-electron chi connectivity index (χ3n) is 3.91. The lowest BCUT2D eigenvalue weighted by molar-refractivity contribution is 0.198. The smallest absolute Gasteiger partial charge is 0.137 e. The van der Waals surface area contributed by atoms with Crippen LogP contribution in [0, 0.1) is 11.7 Å².